The van der Waals surface area contributed by atoms with Crippen molar-refractivity contribution in [1.82, 2.24) is 14.9 Å². The van der Waals surface area contributed by atoms with Crippen LogP contribution < -0.4 is 15.6 Å². The number of nitrogens with zero attached hydrogens (tertiary/aromatic N) is 2. The molecule has 1 amide bonds. The monoisotopic (exact) mass is 489 g/mol. The number of thiophene rings is 1. The van der Waals surface area contributed by atoms with Crippen LogP contribution in [0.3, 0.4) is 0 Å². The molecule has 0 radical (unpaired) electrons. The predicted octanol–water partition coefficient (Wildman–Crippen LogP) is 4.67. The SMILES string of the molecule is O=C(CSc1nc2sc3c(c2c(=O)n1-c1ccccc1)CCC3)NC1CCOc2ccccc21. The van der Waals surface area contributed by atoms with Gasteiger partial charge in [-0.3, -0.25) is 14.2 Å². The first-order valence-electron chi connectivity index (χ1n) is 11.5. The Morgan fingerprint density at radius 2 is 1.97 bits per heavy atom. The lowest BCUT2D eigenvalue weighted by atomic mass is 10.0. The number of aryl methyl sites for hydroxylation is 2. The predicted molar refractivity (Wildman–Crippen MR) is 135 cm³/mol. The van der Waals surface area contributed by atoms with Crippen LogP contribution in [0.25, 0.3) is 15.9 Å². The second-order valence-corrected chi connectivity index (χ2v) is 10.5. The number of hydrogen-bond donors (Lipinski definition) is 1. The van der Waals surface area contributed by atoms with Crippen LogP contribution >= 0.6 is 23.1 Å². The van der Waals surface area contributed by atoms with Gasteiger partial charge in [-0.25, -0.2) is 4.98 Å². The van der Waals surface area contributed by atoms with Crippen molar-refractivity contribution in [2.24, 2.45) is 0 Å². The number of ether oxygens (including phenoxy) is 1. The summed E-state index contributed by atoms with van der Waals surface area (Å²) in [5.74, 6) is 0.909. The molecule has 2 aliphatic rings. The van der Waals surface area contributed by atoms with Gasteiger partial charge in [-0.05, 0) is 43.0 Å². The fourth-order valence-electron chi connectivity index (χ4n) is 4.78. The molecule has 1 atom stereocenters. The molecule has 8 heteroatoms. The summed E-state index contributed by atoms with van der Waals surface area (Å²) in [5, 5.41) is 4.43. The lowest BCUT2D eigenvalue weighted by Crippen LogP contribution is -2.33. The number of hydrogen-bond acceptors (Lipinski definition) is 6. The second kappa shape index (κ2) is 8.92. The largest absolute Gasteiger partial charge is 0.493 e. The van der Waals surface area contributed by atoms with Crippen LogP contribution in [-0.2, 0) is 17.6 Å². The van der Waals surface area contributed by atoms with Gasteiger partial charge in [0.2, 0.25) is 5.91 Å². The maximum atomic E-state index is 13.7. The van der Waals surface area contributed by atoms with Crippen molar-refractivity contribution in [3.05, 3.63) is 81.0 Å². The number of carbonyl (C=O) groups excluding carboxylic acids is 1. The zero-order valence-corrected chi connectivity index (χ0v) is 20.1. The molecule has 0 saturated carbocycles. The Morgan fingerprint density at radius 1 is 1.15 bits per heavy atom. The van der Waals surface area contributed by atoms with Crippen molar-refractivity contribution < 1.29 is 9.53 Å². The molecule has 34 heavy (non-hydrogen) atoms. The van der Waals surface area contributed by atoms with E-state index in [4.69, 9.17) is 9.72 Å². The maximum absolute atomic E-state index is 13.7. The standard InChI is InChI=1S/C26H23N3O3S2/c30-22(27-19-13-14-32-20-11-5-4-9-17(19)20)15-33-26-28-24-23(18-10-6-12-21(18)34-24)25(31)29(26)16-7-2-1-3-8-16/h1-5,7-9,11,19H,6,10,12-15H2,(H,27,30). The van der Waals surface area contributed by atoms with Gasteiger partial charge in [0, 0.05) is 16.9 Å². The highest BCUT2D eigenvalue weighted by Crippen LogP contribution is 2.36. The van der Waals surface area contributed by atoms with E-state index in [1.54, 1.807) is 15.9 Å². The van der Waals surface area contributed by atoms with Crippen molar-refractivity contribution in [2.75, 3.05) is 12.4 Å². The number of fused-ring (bicyclic) bond motifs is 4. The third-order valence-electron chi connectivity index (χ3n) is 6.35. The van der Waals surface area contributed by atoms with E-state index in [2.05, 4.69) is 5.32 Å². The first-order chi connectivity index (χ1) is 16.7. The van der Waals surface area contributed by atoms with Crippen LogP contribution in [0.5, 0.6) is 5.75 Å². The van der Waals surface area contributed by atoms with E-state index in [0.29, 0.717) is 11.8 Å². The van der Waals surface area contributed by atoms with Crippen LogP contribution in [0.15, 0.2) is 64.5 Å². The molecule has 3 heterocycles. The molecule has 4 aromatic rings. The number of carbonyl (C=O) groups is 1. The Morgan fingerprint density at radius 3 is 2.85 bits per heavy atom. The zero-order chi connectivity index (χ0) is 23.1. The van der Waals surface area contributed by atoms with E-state index >= 15 is 0 Å². The molecule has 1 unspecified atom stereocenters. The second-order valence-electron chi connectivity index (χ2n) is 8.49. The van der Waals surface area contributed by atoms with E-state index in [0.717, 1.165) is 58.5 Å². The summed E-state index contributed by atoms with van der Waals surface area (Å²) in [6, 6.07) is 17.3. The lowest BCUT2D eigenvalue weighted by molar-refractivity contribution is -0.119. The van der Waals surface area contributed by atoms with Crippen molar-refractivity contribution in [3.63, 3.8) is 0 Å². The molecule has 2 aromatic heterocycles. The topological polar surface area (TPSA) is 73.2 Å². The van der Waals surface area contributed by atoms with Crippen molar-refractivity contribution in [2.45, 2.75) is 36.9 Å². The molecule has 172 valence electrons. The molecule has 0 bridgehead atoms. The summed E-state index contributed by atoms with van der Waals surface area (Å²) in [7, 11) is 0. The van der Waals surface area contributed by atoms with Gasteiger partial charge < -0.3 is 10.1 Å². The Labute approximate surface area is 205 Å². The van der Waals surface area contributed by atoms with Crippen LogP contribution in [0.2, 0.25) is 0 Å². The summed E-state index contributed by atoms with van der Waals surface area (Å²) in [6.07, 6.45) is 3.77. The Hall–Kier alpha value is -3.10. The molecular formula is C26H23N3O3S2. The third kappa shape index (κ3) is 3.80. The highest BCUT2D eigenvalue weighted by Gasteiger charge is 2.25. The molecule has 6 nitrogen and oxygen atoms in total. The number of rotatable bonds is 5. The van der Waals surface area contributed by atoms with Crippen molar-refractivity contribution >= 4 is 39.2 Å². The fourth-order valence-corrected chi connectivity index (χ4v) is 6.91. The lowest BCUT2D eigenvalue weighted by Gasteiger charge is -2.26. The van der Waals surface area contributed by atoms with E-state index in [1.807, 2.05) is 54.6 Å². The van der Waals surface area contributed by atoms with E-state index in [1.165, 1.54) is 16.6 Å². The van der Waals surface area contributed by atoms with Crippen molar-refractivity contribution in [1.29, 1.82) is 0 Å². The van der Waals surface area contributed by atoms with Crippen LogP contribution in [0.4, 0.5) is 0 Å². The summed E-state index contributed by atoms with van der Waals surface area (Å²) in [5.41, 5.74) is 2.88. The molecule has 1 N–H and O–H groups in total. The molecule has 1 aliphatic carbocycles. The third-order valence-corrected chi connectivity index (χ3v) is 8.47. The van der Waals surface area contributed by atoms with Gasteiger partial charge >= 0.3 is 0 Å². The molecular weight excluding hydrogens is 466 g/mol. The number of thioether (sulfide) groups is 1. The minimum absolute atomic E-state index is 0.0446. The van der Waals surface area contributed by atoms with Crippen LogP contribution in [0, 0.1) is 0 Å². The van der Waals surface area contributed by atoms with Gasteiger partial charge in [0.1, 0.15) is 10.6 Å². The number of benzene rings is 2. The number of aromatic nitrogens is 2. The van der Waals surface area contributed by atoms with Crippen LogP contribution in [0.1, 0.15) is 34.9 Å². The zero-order valence-electron chi connectivity index (χ0n) is 18.5. The normalized spacial score (nSPS) is 16.6. The molecule has 1 aliphatic heterocycles. The molecule has 0 spiro atoms. The van der Waals surface area contributed by atoms with E-state index in [-0.39, 0.29) is 23.3 Å². The van der Waals surface area contributed by atoms with Crippen LogP contribution in [-0.4, -0.2) is 27.8 Å². The van der Waals surface area contributed by atoms with E-state index < -0.39 is 0 Å². The van der Waals surface area contributed by atoms with Crippen molar-refractivity contribution in [3.8, 4) is 11.4 Å². The maximum Gasteiger partial charge on any atom is 0.267 e. The average molecular weight is 490 g/mol. The van der Waals surface area contributed by atoms with Gasteiger partial charge in [-0.1, -0.05) is 48.2 Å². The minimum atomic E-state index is -0.0886. The van der Waals surface area contributed by atoms with Gasteiger partial charge in [-0.15, -0.1) is 11.3 Å². The van der Waals surface area contributed by atoms with Gasteiger partial charge in [0.05, 0.1) is 29.5 Å². The first kappa shape index (κ1) is 21.4. The molecule has 0 saturated heterocycles. The molecule has 0 fully saturated rings. The number of nitrogens with one attached hydrogen (secondary N) is 1. The molecule has 2 aromatic carbocycles. The summed E-state index contributed by atoms with van der Waals surface area (Å²) >= 11 is 2.93. The summed E-state index contributed by atoms with van der Waals surface area (Å²) in [6.45, 7) is 0.573. The number of para-hydroxylation sites is 2. The number of amides is 1. The summed E-state index contributed by atoms with van der Waals surface area (Å²) in [4.78, 5) is 33.5. The van der Waals surface area contributed by atoms with Gasteiger partial charge in [0.25, 0.3) is 5.56 Å². The quantitative estimate of drug-likeness (QED) is 0.326. The average Bonchev–Trinajstić information content (AvgIpc) is 3.45. The minimum Gasteiger partial charge on any atom is -0.493 e. The Kier molecular flexibility index (Phi) is 5.63. The van der Waals surface area contributed by atoms with E-state index in [9.17, 15) is 9.59 Å². The smallest absolute Gasteiger partial charge is 0.267 e. The van der Waals surface area contributed by atoms with Gasteiger partial charge in [0.15, 0.2) is 5.16 Å². The fraction of sp³-hybridized carbons (Fsp3) is 0.269. The molecule has 6 rings (SSSR count). The Bertz CT molecular complexity index is 1450. The highest BCUT2D eigenvalue weighted by atomic mass is 32.2. The van der Waals surface area contributed by atoms with Gasteiger partial charge in [-0.2, -0.15) is 0 Å². The first-order valence-corrected chi connectivity index (χ1v) is 13.3. The Balaban J connectivity index is 1.30. The summed E-state index contributed by atoms with van der Waals surface area (Å²) < 4.78 is 7.37. The highest BCUT2D eigenvalue weighted by molar-refractivity contribution is 7.99.